The second-order valence-electron chi connectivity index (χ2n) is 9.20. The SMILES string of the molecule is CCOc1ccc(NC(=O)C(C)Sc2ccc(NC(=O)/C(=C/c3c(F)cccc3Cl)NC(=O)c3ccccc3)cc2)cc1. The molecule has 43 heavy (non-hydrogen) atoms. The van der Waals surface area contributed by atoms with E-state index in [2.05, 4.69) is 16.0 Å². The number of hydrogen-bond donors (Lipinski definition) is 3. The zero-order valence-electron chi connectivity index (χ0n) is 23.4. The Morgan fingerprint density at radius 3 is 2.19 bits per heavy atom. The number of halogens is 2. The van der Waals surface area contributed by atoms with Crippen molar-refractivity contribution in [1.82, 2.24) is 5.32 Å². The summed E-state index contributed by atoms with van der Waals surface area (Å²) in [4.78, 5) is 39.6. The van der Waals surface area contributed by atoms with Crippen LogP contribution in [-0.4, -0.2) is 29.6 Å². The van der Waals surface area contributed by atoms with E-state index in [1.54, 1.807) is 85.8 Å². The number of amides is 3. The summed E-state index contributed by atoms with van der Waals surface area (Å²) >= 11 is 7.52. The summed E-state index contributed by atoms with van der Waals surface area (Å²) in [6.07, 6.45) is 1.20. The Kier molecular flexibility index (Phi) is 11.0. The first-order valence-electron chi connectivity index (χ1n) is 13.4. The zero-order valence-corrected chi connectivity index (χ0v) is 25.0. The van der Waals surface area contributed by atoms with Gasteiger partial charge in [0.15, 0.2) is 0 Å². The molecule has 0 heterocycles. The Hall–Kier alpha value is -4.60. The molecule has 4 rings (SSSR count). The third-order valence-corrected chi connectivity index (χ3v) is 7.49. The molecule has 3 amide bonds. The molecule has 4 aromatic rings. The van der Waals surface area contributed by atoms with Crippen LogP contribution < -0.4 is 20.7 Å². The minimum atomic E-state index is -0.674. The lowest BCUT2D eigenvalue weighted by Crippen LogP contribution is -2.30. The van der Waals surface area contributed by atoms with Crippen molar-refractivity contribution >= 4 is 58.5 Å². The summed E-state index contributed by atoms with van der Waals surface area (Å²) in [6.45, 7) is 4.26. The van der Waals surface area contributed by atoms with E-state index in [0.29, 0.717) is 23.5 Å². The molecule has 1 atom stereocenters. The monoisotopic (exact) mass is 617 g/mol. The summed E-state index contributed by atoms with van der Waals surface area (Å²) < 4.78 is 19.9. The van der Waals surface area contributed by atoms with Gasteiger partial charge in [-0.15, -0.1) is 11.8 Å². The van der Waals surface area contributed by atoms with Gasteiger partial charge in [0.05, 0.1) is 16.9 Å². The van der Waals surface area contributed by atoms with Crippen LogP contribution >= 0.6 is 23.4 Å². The van der Waals surface area contributed by atoms with E-state index in [4.69, 9.17) is 16.3 Å². The first-order chi connectivity index (χ1) is 20.7. The fourth-order valence-corrected chi connectivity index (χ4v) is 4.94. The van der Waals surface area contributed by atoms with Crippen molar-refractivity contribution < 1.29 is 23.5 Å². The molecule has 4 aromatic carbocycles. The fraction of sp³-hybridized carbons (Fsp3) is 0.121. The van der Waals surface area contributed by atoms with Gasteiger partial charge in [-0.25, -0.2) is 4.39 Å². The third kappa shape index (κ3) is 8.94. The molecular formula is C33H29ClFN3O4S. The van der Waals surface area contributed by atoms with Crippen molar-refractivity contribution in [3.05, 3.63) is 125 Å². The van der Waals surface area contributed by atoms with Gasteiger partial charge in [-0.05, 0) is 92.7 Å². The normalized spacial score (nSPS) is 11.8. The highest BCUT2D eigenvalue weighted by Gasteiger charge is 2.18. The highest BCUT2D eigenvalue weighted by Crippen LogP contribution is 2.27. The largest absolute Gasteiger partial charge is 0.494 e. The molecule has 10 heteroatoms. The number of carbonyl (C=O) groups excluding carboxylic acids is 3. The van der Waals surface area contributed by atoms with Gasteiger partial charge in [-0.2, -0.15) is 0 Å². The molecule has 0 fully saturated rings. The van der Waals surface area contributed by atoms with Crippen molar-refractivity contribution in [3.63, 3.8) is 0 Å². The molecule has 0 aliphatic heterocycles. The van der Waals surface area contributed by atoms with Crippen LogP contribution in [0.15, 0.2) is 108 Å². The van der Waals surface area contributed by atoms with Crippen LogP contribution in [-0.2, 0) is 9.59 Å². The van der Waals surface area contributed by atoms with Crippen LogP contribution in [0.3, 0.4) is 0 Å². The van der Waals surface area contributed by atoms with E-state index in [1.807, 2.05) is 6.92 Å². The van der Waals surface area contributed by atoms with Crippen molar-refractivity contribution in [2.45, 2.75) is 24.0 Å². The smallest absolute Gasteiger partial charge is 0.272 e. The molecular weight excluding hydrogens is 589 g/mol. The summed E-state index contributed by atoms with van der Waals surface area (Å²) in [7, 11) is 0. The van der Waals surface area contributed by atoms with Gasteiger partial charge in [0, 0.05) is 27.4 Å². The van der Waals surface area contributed by atoms with E-state index in [-0.39, 0.29) is 22.2 Å². The molecule has 0 bridgehead atoms. The van der Waals surface area contributed by atoms with Crippen molar-refractivity contribution in [2.24, 2.45) is 0 Å². The Labute approximate surface area is 258 Å². The van der Waals surface area contributed by atoms with Crippen LogP contribution in [0.25, 0.3) is 6.08 Å². The number of benzene rings is 4. The van der Waals surface area contributed by atoms with Crippen LogP contribution in [0.4, 0.5) is 15.8 Å². The molecule has 3 N–H and O–H groups in total. The topological polar surface area (TPSA) is 96.5 Å². The Morgan fingerprint density at radius 2 is 1.53 bits per heavy atom. The predicted molar refractivity (Wildman–Crippen MR) is 170 cm³/mol. The average molecular weight is 618 g/mol. The third-order valence-electron chi connectivity index (χ3n) is 6.04. The van der Waals surface area contributed by atoms with E-state index in [1.165, 1.54) is 36.0 Å². The predicted octanol–water partition coefficient (Wildman–Crippen LogP) is 7.41. The van der Waals surface area contributed by atoms with Crippen molar-refractivity contribution in [2.75, 3.05) is 17.2 Å². The number of nitrogens with one attached hydrogen (secondary N) is 3. The molecule has 220 valence electrons. The van der Waals surface area contributed by atoms with Crippen molar-refractivity contribution in [1.29, 1.82) is 0 Å². The van der Waals surface area contributed by atoms with Gasteiger partial charge in [-0.3, -0.25) is 14.4 Å². The lowest BCUT2D eigenvalue weighted by atomic mass is 10.1. The quantitative estimate of drug-likeness (QED) is 0.120. The molecule has 1 unspecified atom stereocenters. The minimum absolute atomic E-state index is 0.0353. The molecule has 0 spiro atoms. The second-order valence-corrected chi connectivity index (χ2v) is 11.0. The van der Waals surface area contributed by atoms with Gasteiger partial charge in [0.25, 0.3) is 11.8 Å². The number of ether oxygens (including phenoxy) is 1. The first-order valence-corrected chi connectivity index (χ1v) is 14.6. The van der Waals surface area contributed by atoms with Crippen LogP contribution in [0, 0.1) is 5.82 Å². The van der Waals surface area contributed by atoms with Crippen LogP contribution in [0.1, 0.15) is 29.8 Å². The van der Waals surface area contributed by atoms with Gasteiger partial charge in [-0.1, -0.05) is 35.9 Å². The summed E-state index contributed by atoms with van der Waals surface area (Å²) in [5, 5.41) is 7.86. The lowest BCUT2D eigenvalue weighted by Gasteiger charge is -2.14. The first kappa shape index (κ1) is 31.3. The van der Waals surface area contributed by atoms with E-state index in [9.17, 15) is 18.8 Å². The maximum atomic E-state index is 14.5. The number of anilines is 2. The molecule has 0 aliphatic rings. The zero-order chi connectivity index (χ0) is 30.8. The van der Waals surface area contributed by atoms with Gasteiger partial charge in [0.1, 0.15) is 17.3 Å². The maximum absolute atomic E-state index is 14.5. The molecule has 0 saturated carbocycles. The van der Waals surface area contributed by atoms with Crippen LogP contribution in [0.2, 0.25) is 5.02 Å². The summed E-state index contributed by atoms with van der Waals surface area (Å²) in [5.41, 5.74) is 1.19. The van der Waals surface area contributed by atoms with Gasteiger partial charge < -0.3 is 20.7 Å². The molecule has 0 aromatic heterocycles. The Morgan fingerprint density at radius 1 is 0.884 bits per heavy atom. The van der Waals surface area contributed by atoms with E-state index >= 15 is 0 Å². The Balaban J connectivity index is 1.43. The summed E-state index contributed by atoms with van der Waals surface area (Å²) in [5.74, 6) is -1.30. The van der Waals surface area contributed by atoms with Crippen LogP contribution in [0.5, 0.6) is 5.75 Å². The highest BCUT2D eigenvalue weighted by atomic mass is 35.5. The number of rotatable bonds is 11. The van der Waals surface area contributed by atoms with E-state index in [0.717, 1.165) is 10.6 Å². The van der Waals surface area contributed by atoms with Gasteiger partial charge in [0.2, 0.25) is 5.91 Å². The highest BCUT2D eigenvalue weighted by molar-refractivity contribution is 8.00. The van der Waals surface area contributed by atoms with Crippen molar-refractivity contribution in [3.8, 4) is 5.75 Å². The molecule has 0 saturated heterocycles. The van der Waals surface area contributed by atoms with Gasteiger partial charge >= 0.3 is 0 Å². The number of thioether (sulfide) groups is 1. The molecule has 0 radical (unpaired) electrons. The summed E-state index contributed by atoms with van der Waals surface area (Å²) in [6, 6.07) is 26.5. The second kappa shape index (κ2) is 15.0. The maximum Gasteiger partial charge on any atom is 0.272 e. The number of carbonyl (C=O) groups is 3. The van der Waals surface area contributed by atoms with E-state index < -0.39 is 22.9 Å². The average Bonchev–Trinajstić information content (AvgIpc) is 3.00. The number of hydrogen-bond acceptors (Lipinski definition) is 5. The fourth-order valence-electron chi connectivity index (χ4n) is 3.85. The minimum Gasteiger partial charge on any atom is -0.494 e. The molecule has 0 aliphatic carbocycles. The Bertz CT molecular complexity index is 1590. The lowest BCUT2D eigenvalue weighted by molar-refractivity contribution is -0.115. The molecule has 7 nitrogen and oxygen atoms in total. The standard InChI is InChI=1S/C33H29ClFN3O4S/c1-3-42-25-16-12-23(13-17-25)36-31(39)21(2)43-26-18-14-24(15-19-26)37-33(41)30(20-27-28(34)10-7-11-29(27)35)38-32(40)22-8-5-4-6-9-22/h4-21H,3H2,1-2H3,(H,36,39)(H,37,41)(H,38,40)/b30-20-.